The molecule has 0 aliphatic carbocycles. The fraction of sp³-hybridized carbons (Fsp3) is 0.0625. The summed E-state index contributed by atoms with van der Waals surface area (Å²) in [5, 5.41) is 2.65. The van der Waals surface area contributed by atoms with E-state index in [0.29, 0.717) is 17.0 Å². The van der Waals surface area contributed by atoms with Crippen LogP contribution < -0.4 is 10.1 Å². The average Bonchev–Trinajstić information content (AvgIpc) is 2.48. The van der Waals surface area contributed by atoms with Gasteiger partial charge in [-0.3, -0.25) is 4.79 Å². The summed E-state index contributed by atoms with van der Waals surface area (Å²) in [5.74, 6) is 0.0108. The summed E-state index contributed by atoms with van der Waals surface area (Å²) in [6, 6.07) is 14.7. The van der Waals surface area contributed by atoms with Crippen LogP contribution >= 0.6 is 0 Å². The summed E-state index contributed by atoms with van der Waals surface area (Å²) >= 11 is 0. The van der Waals surface area contributed by atoms with E-state index in [2.05, 4.69) is 5.32 Å². The molecule has 2 aromatic rings. The third-order valence-corrected chi connectivity index (χ3v) is 2.58. The number of benzene rings is 2. The normalized spacial score (nSPS) is 11.0. The molecule has 0 bridgehead atoms. The maximum Gasteiger partial charge on any atom is 0.254 e. The largest absolute Gasteiger partial charge is 0.465 e. The van der Waals surface area contributed by atoms with Crippen molar-refractivity contribution in [3.63, 3.8) is 0 Å². The molecule has 102 valence electrons. The minimum atomic E-state index is -0.345. The first-order chi connectivity index (χ1) is 9.65. The molecular formula is C16H14FNO2. The Hall–Kier alpha value is -2.62. The van der Waals surface area contributed by atoms with Gasteiger partial charge in [0, 0.05) is 11.3 Å². The second-order valence-electron chi connectivity index (χ2n) is 4.19. The van der Waals surface area contributed by atoms with Crippen LogP contribution in [0.5, 0.6) is 5.75 Å². The smallest absolute Gasteiger partial charge is 0.254 e. The SMILES string of the molecule is C/C(=C\Oc1ccccc1)C(=O)Nc1ccc(F)cc1. The third kappa shape index (κ3) is 3.95. The van der Waals surface area contributed by atoms with Crippen LogP contribution in [0.15, 0.2) is 66.4 Å². The zero-order valence-corrected chi connectivity index (χ0v) is 11.0. The number of nitrogens with one attached hydrogen (secondary N) is 1. The maximum atomic E-state index is 12.7. The number of ether oxygens (including phenoxy) is 1. The number of carbonyl (C=O) groups is 1. The lowest BCUT2D eigenvalue weighted by Gasteiger charge is -2.06. The van der Waals surface area contributed by atoms with E-state index < -0.39 is 0 Å². The van der Waals surface area contributed by atoms with Crippen molar-refractivity contribution in [2.24, 2.45) is 0 Å². The lowest BCUT2D eigenvalue weighted by atomic mass is 10.2. The summed E-state index contributed by atoms with van der Waals surface area (Å²) in [6.45, 7) is 1.64. The zero-order valence-electron chi connectivity index (χ0n) is 11.0. The van der Waals surface area contributed by atoms with Crippen molar-refractivity contribution in [3.05, 3.63) is 72.2 Å². The Morgan fingerprint density at radius 1 is 1.10 bits per heavy atom. The number of amides is 1. The maximum absolute atomic E-state index is 12.7. The molecule has 2 aromatic carbocycles. The van der Waals surface area contributed by atoms with Crippen LogP contribution in [0.4, 0.5) is 10.1 Å². The molecule has 0 aromatic heterocycles. The molecule has 0 atom stereocenters. The first-order valence-electron chi connectivity index (χ1n) is 6.10. The predicted molar refractivity (Wildman–Crippen MR) is 75.9 cm³/mol. The molecule has 2 rings (SSSR count). The summed E-state index contributed by atoms with van der Waals surface area (Å²) in [5.41, 5.74) is 0.946. The first kappa shape index (κ1) is 13.8. The van der Waals surface area contributed by atoms with Gasteiger partial charge in [-0.05, 0) is 43.3 Å². The Labute approximate surface area is 116 Å². The molecule has 0 saturated carbocycles. The quantitative estimate of drug-likeness (QED) is 0.679. The van der Waals surface area contributed by atoms with Gasteiger partial charge in [0.25, 0.3) is 5.91 Å². The highest BCUT2D eigenvalue weighted by molar-refractivity contribution is 6.03. The summed E-state index contributed by atoms with van der Waals surface area (Å²) in [4.78, 5) is 11.9. The number of halogens is 1. The number of para-hydroxylation sites is 1. The predicted octanol–water partition coefficient (Wildman–Crippen LogP) is 3.75. The van der Waals surface area contributed by atoms with E-state index in [4.69, 9.17) is 4.74 Å². The van der Waals surface area contributed by atoms with Crippen molar-refractivity contribution in [3.8, 4) is 5.75 Å². The second-order valence-corrected chi connectivity index (χ2v) is 4.19. The van der Waals surface area contributed by atoms with Crippen molar-refractivity contribution >= 4 is 11.6 Å². The number of rotatable bonds is 4. The fourth-order valence-electron chi connectivity index (χ4n) is 1.47. The minimum absolute atomic E-state index is 0.299. The van der Waals surface area contributed by atoms with Gasteiger partial charge < -0.3 is 10.1 Å². The number of carbonyl (C=O) groups excluding carboxylic acids is 1. The van der Waals surface area contributed by atoms with Crippen LogP contribution in [0, 0.1) is 5.82 Å². The van der Waals surface area contributed by atoms with Crippen LogP contribution in [0.25, 0.3) is 0 Å². The van der Waals surface area contributed by atoms with Crippen LogP contribution in [-0.4, -0.2) is 5.91 Å². The number of hydrogen-bond donors (Lipinski definition) is 1. The Bertz CT molecular complexity index is 606. The molecule has 0 aliphatic rings. The molecule has 4 heteroatoms. The van der Waals surface area contributed by atoms with E-state index >= 15 is 0 Å². The van der Waals surface area contributed by atoms with Gasteiger partial charge in [0.2, 0.25) is 0 Å². The van der Waals surface area contributed by atoms with E-state index in [0.717, 1.165) is 0 Å². The highest BCUT2D eigenvalue weighted by Gasteiger charge is 2.05. The van der Waals surface area contributed by atoms with Gasteiger partial charge in [-0.1, -0.05) is 18.2 Å². The Morgan fingerprint density at radius 3 is 2.40 bits per heavy atom. The van der Waals surface area contributed by atoms with E-state index in [1.807, 2.05) is 18.2 Å². The molecular weight excluding hydrogens is 257 g/mol. The lowest BCUT2D eigenvalue weighted by molar-refractivity contribution is -0.112. The molecule has 0 fully saturated rings. The molecule has 3 nitrogen and oxygen atoms in total. The molecule has 0 unspecified atom stereocenters. The van der Waals surface area contributed by atoms with E-state index in [9.17, 15) is 9.18 Å². The Kier molecular flexibility index (Phi) is 4.50. The minimum Gasteiger partial charge on any atom is -0.465 e. The van der Waals surface area contributed by atoms with Crippen molar-refractivity contribution in [2.75, 3.05) is 5.32 Å². The van der Waals surface area contributed by atoms with Crippen molar-refractivity contribution in [1.29, 1.82) is 0 Å². The monoisotopic (exact) mass is 271 g/mol. The highest BCUT2D eigenvalue weighted by Crippen LogP contribution is 2.12. The summed E-state index contributed by atoms with van der Waals surface area (Å²) in [7, 11) is 0. The fourth-order valence-corrected chi connectivity index (χ4v) is 1.47. The van der Waals surface area contributed by atoms with Crippen LogP contribution in [0.2, 0.25) is 0 Å². The van der Waals surface area contributed by atoms with Gasteiger partial charge in [0.05, 0.1) is 6.26 Å². The second kappa shape index (κ2) is 6.52. The lowest BCUT2D eigenvalue weighted by Crippen LogP contribution is -2.13. The highest BCUT2D eigenvalue weighted by atomic mass is 19.1. The van der Waals surface area contributed by atoms with Gasteiger partial charge in [-0.25, -0.2) is 4.39 Å². The third-order valence-electron chi connectivity index (χ3n) is 2.58. The molecule has 0 saturated heterocycles. The van der Waals surface area contributed by atoms with Gasteiger partial charge in [-0.2, -0.15) is 0 Å². The summed E-state index contributed by atoms with van der Waals surface area (Å²) in [6.07, 6.45) is 1.38. The number of hydrogen-bond acceptors (Lipinski definition) is 2. The topological polar surface area (TPSA) is 38.3 Å². The van der Waals surface area contributed by atoms with E-state index in [1.54, 1.807) is 19.1 Å². The molecule has 0 spiro atoms. The van der Waals surface area contributed by atoms with Crippen molar-refractivity contribution in [2.45, 2.75) is 6.92 Å². The van der Waals surface area contributed by atoms with Crippen LogP contribution in [-0.2, 0) is 4.79 Å². The molecule has 1 N–H and O–H groups in total. The number of anilines is 1. The molecule has 20 heavy (non-hydrogen) atoms. The molecule has 1 amide bonds. The average molecular weight is 271 g/mol. The van der Waals surface area contributed by atoms with E-state index in [1.165, 1.54) is 30.5 Å². The Balaban J connectivity index is 1.96. The van der Waals surface area contributed by atoms with Crippen LogP contribution in [0.1, 0.15) is 6.92 Å². The van der Waals surface area contributed by atoms with Crippen LogP contribution in [0.3, 0.4) is 0 Å². The summed E-state index contributed by atoms with van der Waals surface area (Å²) < 4.78 is 18.1. The van der Waals surface area contributed by atoms with Gasteiger partial charge in [0.15, 0.2) is 0 Å². The van der Waals surface area contributed by atoms with E-state index in [-0.39, 0.29) is 11.7 Å². The van der Waals surface area contributed by atoms with Gasteiger partial charge >= 0.3 is 0 Å². The van der Waals surface area contributed by atoms with Gasteiger partial charge in [-0.15, -0.1) is 0 Å². The molecule has 0 heterocycles. The zero-order chi connectivity index (χ0) is 14.4. The standard InChI is InChI=1S/C16H14FNO2/c1-12(11-20-15-5-3-2-4-6-15)16(19)18-14-9-7-13(17)8-10-14/h2-11H,1H3,(H,18,19)/b12-11+. The first-order valence-corrected chi connectivity index (χ1v) is 6.10. The van der Waals surface area contributed by atoms with Crippen molar-refractivity contribution < 1.29 is 13.9 Å². The van der Waals surface area contributed by atoms with Gasteiger partial charge in [0.1, 0.15) is 11.6 Å². The Morgan fingerprint density at radius 2 is 1.75 bits per heavy atom. The molecule has 0 radical (unpaired) electrons. The van der Waals surface area contributed by atoms with Crippen molar-refractivity contribution in [1.82, 2.24) is 0 Å². The molecule has 0 aliphatic heterocycles.